The first-order valence-corrected chi connectivity index (χ1v) is 4.30. The van der Waals surface area contributed by atoms with Crippen LogP contribution in [0.15, 0.2) is 6.33 Å². The van der Waals surface area contributed by atoms with Crippen molar-refractivity contribution in [3.63, 3.8) is 0 Å². The molecule has 0 aliphatic carbocycles. The van der Waals surface area contributed by atoms with E-state index in [1.165, 1.54) is 11.0 Å². The maximum Gasteiger partial charge on any atom is 0.252 e. The van der Waals surface area contributed by atoms with Gasteiger partial charge in [-0.25, -0.2) is 10.8 Å². The summed E-state index contributed by atoms with van der Waals surface area (Å²) in [5.74, 6) is 4.83. The molecule has 1 rings (SSSR count). The topological polar surface area (TPSA) is 110 Å². The maximum absolute atomic E-state index is 11.4. The lowest BCUT2D eigenvalue weighted by Crippen LogP contribution is -2.43. The molecule has 0 atom stereocenters. The third-order valence-electron chi connectivity index (χ3n) is 1.94. The van der Waals surface area contributed by atoms with E-state index >= 15 is 0 Å². The molecule has 0 saturated heterocycles. The zero-order valence-electron chi connectivity index (χ0n) is 8.56. The standard InChI is InChI=1S/C8H12N6O/c1-8(2,7(15)12-10)4-14-5-11-6(3-9)13-14/h5H,4,10H2,1-2H3,(H,12,15). The van der Waals surface area contributed by atoms with Gasteiger partial charge in [0.25, 0.3) is 5.82 Å². The first-order chi connectivity index (χ1) is 6.99. The highest BCUT2D eigenvalue weighted by molar-refractivity contribution is 5.81. The van der Waals surface area contributed by atoms with Crippen LogP contribution in [0.2, 0.25) is 0 Å². The van der Waals surface area contributed by atoms with Gasteiger partial charge in [0, 0.05) is 0 Å². The molecule has 0 saturated carbocycles. The number of nitrogens with two attached hydrogens (primary N) is 1. The van der Waals surface area contributed by atoms with E-state index in [4.69, 9.17) is 11.1 Å². The number of carbonyl (C=O) groups is 1. The Morgan fingerprint density at radius 3 is 2.93 bits per heavy atom. The summed E-state index contributed by atoms with van der Waals surface area (Å²) < 4.78 is 1.44. The van der Waals surface area contributed by atoms with Gasteiger partial charge in [-0.3, -0.25) is 14.9 Å². The molecule has 7 nitrogen and oxygen atoms in total. The second kappa shape index (κ2) is 4.06. The van der Waals surface area contributed by atoms with Crippen LogP contribution in [0.25, 0.3) is 0 Å². The van der Waals surface area contributed by atoms with Crippen molar-refractivity contribution in [2.75, 3.05) is 0 Å². The number of amides is 1. The van der Waals surface area contributed by atoms with E-state index in [1.807, 2.05) is 6.07 Å². The number of rotatable bonds is 3. The third-order valence-corrected chi connectivity index (χ3v) is 1.94. The first-order valence-electron chi connectivity index (χ1n) is 4.30. The monoisotopic (exact) mass is 208 g/mol. The van der Waals surface area contributed by atoms with Crippen LogP contribution >= 0.6 is 0 Å². The Hall–Kier alpha value is -1.94. The van der Waals surface area contributed by atoms with Gasteiger partial charge in [-0.05, 0) is 13.8 Å². The number of hydrogen-bond acceptors (Lipinski definition) is 5. The highest BCUT2D eigenvalue weighted by Crippen LogP contribution is 2.17. The fourth-order valence-electron chi connectivity index (χ4n) is 1.09. The fraction of sp³-hybridized carbons (Fsp3) is 0.500. The lowest BCUT2D eigenvalue weighted by Gasteiger charge is -2.21. The number of hydrazine groups is 1. The lowest BCUT2D eigenvalue weighted by molar-refractivity contribution is -0.130. The minimum absolute atomic E-state index is 0.0824. The molecule has 15 heavy (non-hydrogen) atoms. The molecular formula is C8H12N6O. The molecular weight excluding hydrogens is 196 g/mol. The highest BCUT2D eigenvalue weighted by atomic mass is 16.2. The van der Waals surface area contributed by atoms with Crippen LogP contribution < -0.4 is 11.3 Å². The average molecular weight is 208 g/mol. The van der Waals surface area contributed by atoms with Gasteiger partial charge in [-0.1, -0.05) is 0 Å². The molecule has 0 bridgehead atoms. The Morgan fingerprint density at radius 1 is 1.80 bits per heavy atom. The number of aromatic nitrogens is 3. The van der Waals surface area contributed by atoms with Crippen LogP contribution in [-0.4, -0.2) is 20.7 Å². The summed E-state index contributed by atoms with van der Waals surface area (Å²) >= 11 is 0. The van der Waals surface area contributed by atoms with E-state index in [1.54, 1.807) is 13.8 Å². The largest absolute Gasteiger partial charge is 0.294 e. The molecule has 1 aromatic heterocycles. The molecule has 0 aliphatic rings. The van der Waals surface area contributed by atoms with Crippen LogP contribution in [-0.2, 0) is 11.3 Å². The van der Waals surface area contributed by atoms with Gasteiger partial charge in [0.1, 0.15) is 12.4 Å². The van der Waals surface area contributed by atoms with Crippen LogP contribution in [0.3, 0.4) is 0 Å². The Balaban J connectivity index is 2.77. The average Bonchev–Trinajstić information content (AvgIpc) is 2.63. The molecule has 1 aromatic rings. The van der Waals surface area contributed by atoms with Crippen molar-refractivity contribution >= 4 is 5.91 Å². The van der Waals surface area contributed by atoms with Gasteiger partial charge < -0.3 is 0 Å². The van der Waals surface area contributed by atoms with Gasteiger partial charge in [0.05, 0.1) is 12.0 Å². The molecule has 0 unspecified atom stereocenters. The summed E-state index contributed by atoms with van der Waals surface area (Å²) in [5, 5.41) is 12.4. The second-order valence-electron chi connectivity index (χ2n) is 3.73. The number of carbonyl (C=O) groups excluding carboxylic acids is 1. The van der Waals surface area contributed by atoms with Crippen molar-refractivity contribution in [2.45, 2.75) is 20.4 Å². The van der Waals surface area contributed by atoms with Crippen molar-refractivity contribution in [3.8, 4) is 6.07 Å². The maximum atomic E-state index is 11.4. The number of hydrogen-bond donors (Lipinski definition) is 2. The third kappa shape index (κ3) is 2.51. The Labute approximate surface area is 86.9 Å². The van der Waals surface area contributed by atoms with Crippen LogP contribution in [0, 0.1) is 16.7 Å². The number of nitriles is 1. The van der Waals surface area contributed by atoms with Gasteiger partial charge in [0.2, 0.25) is 5.91 Å². The molecule has 3 N–H and O–H groups in total. The van der Waals surface area contributed by atoms with Gasteiger partial charge in [-0.2, -0.15) is 5.26 Å². The van der Waals surface area contributed by atoms with Gasteiger partial charge in [0.15, 0.2) is 0 Å². The summed E-state index contributed by atoms with van der Waals surface area (Å²) in [6, 6.07) is 1.81. The van der Waals surface area contributed by atoms with Crippen LogP contribution in [0.5, 0.6) is 0 Å². The summed E-state index contributed by atoms with van der Waals surface area (Å²) in [7, 11) is 0. The minimum atomic E-state index is -0.699. The zero-order chi connectivity index (χ0) is 11.5. The van der Waals surface area contributed by atoms with Crippen molar-refractivity contribution < 1.29 is 4.79 Å². The molecule has 0 radical (unpaired) electrons. The fourth-order valence-corrected chi connectivity index (χ4v) is 1.09. The Kier molecular flexibility index (Phi) is 3.01. The highest BCUT2D eigenvalue weighted by Gasteiger charge is 2.28. The van der Waals surface area contributed by atoms with Crippen LogP contribution in [0.4, 0.5) is 0 Å². The quantitative estimate of drug-likeness (QED) is 0.382. The van der Waals surface area contributed by atoms with Crippen molar-refractivity contribution in [1.82, 2.24) is 20.2 Å². The van der Waals surface area contributed by atoms with E-state index < -0.39 is 5.41 Å². The Morgan fingerprint density at radius 2 is 2.47 bits per heavy atom. The zero-order valence-corrected chi connectivity index (χ0v) is 8.56. The van der Waals surface area contributed by atoms with E-state index in [-0.39, 0.29) is 11.7 Å². The molecule has 1 amide bonds. The molecule has 0 aromatic carbocycles. The van der Waals surface area contributed by atoms with Crippen molar-refractivity contribution in [1.29, 1.82) is 5.26 Å². The normalized spacial score (nSPS) is 10.8. The van der Waals surface area contributed by atoms with Crippen LogP contribution in [0.1, 0.15) is 19.7 Å². The number of nitrogens with one attached hydrogen (secondary N) is 1. The van der Waals surface area contributed by atoms with E-state index in [0.29, 0.717) is 6.54 Å². The second-order valence-corrected chi connectivity index (χ2v) is 3.73. The molecule has 80 valence electrons. The summed E-state index contributed by atoms with van der Waals surface area (Å²) in [6.45, 7) is 3.76. The summed E-state index contributed by atoms with van der Waals surface area (Å²) in [6.07, 6.45) is 1.41. The van der Waals surface area contributed by atoms with Crippen molar-refractivity contribution in [3.05, 3.63) is 12.2 Å². The van der Waals surface area contributed by atoms with E-state index in [0.717, 1.165) is 0 Å². The number of nitrogens with zero attached hydrogens (tertiary/aromatic N) is 4. The van der Waals surface area contributed by atoms with Gasteiger partial charge >= 0.3 is 0 Å². The first kappa shape index (κ1) is 11.1. The predicted molar refractivity (Wildman–Crippen MR) is 50.8 cm³/mol. The summed E-state index contributed by atoms with van der Waals surface area (Å²) in [5.41, 5.74) is 1.38. The SMILES string of the molecule is CC(C)(Cn1cnc(C#N)n1)C(=O)NN. The van der Waals surface area contributed by atoms with E-state index in [9.17, 15) is 4.79 Å². The van der Waals surface area contributed by atoms with Crippen molar-refractivity contribution in [2.24, 2.45) is 11.3 Å². The molecule has 0 spiro atoms. The predicted octanol–water partition coefficient (Wildman–Crippen LogP) is -0.834. The molecule has 1 heterocycles. The molecule has 0 fully saturated rings. The van der Waals surface area contributed by atoms with Gasteiger partial charge in [-0.15, -0.1) is 5.10 Å². The molecule has 7 heteroatoms. The van der Waals surface area contributed by atoms with E-state index in [2.05, 4.69) is 15.5 Å². The molecule has 0 aliphatic heterocycles. The smallest absolute Gasteiger partial charge is 0.252 e. The minimum Gasteiger partial charge on any atom is -0.294 e. The summed E-state index contributed by atoms with van der Waals surface area (Å²) in [4.78, 5) is 15.1. The lowest BCUT2D eigenvalue weighted by atomic mass is 9.93. The Bertz CT molecular complexity index is 402.